The molecule has 0 aliphatic heterocycles. The molecule has 2 rings (SSSR count). The van der Waals surface area contributed by atoms with E-state index >= 15 is 0 Å². The fourth-order valence-electron chi connectivity index (χ4n) is 1.17. The van der Waals surface area contributed by atoms with Crippen molar-refractivity contribution in [3.05, 3.63) is 29.2 Å². The Kier molecular flexibility index (Phi) is 3.52. The van der Waals surface area contributed by atoms with E-state index in [9.17, 15) is 0 Å². The zero-order chi connectivity index (χ0) is 11.2. The molecule has 2 aromatic rings. The molecule has 0 saturated carbocycles. The van der Waals surface area contributed by atoms with Gasteiger partial charge in [0, 0.05) is 17.0 Å². The average molecular weight is 230 g/mol. The van der Waals surface area contributed by atoms with Crippen LogP contribution in [0.2, 0.25) is 0 Å². The van der Waals surface area contributed by atoms with Gasteiger partial charge in [-0.05, 0) is 18.4 Å². The van der Waals surface area contributed by atoms with E-state index in [0.717, 1.165) is 11.3 Å². The number of aromatic nitrogens is 2. The molecule has 2 aromatic heterocycles. The Hall–Kier alpha value is -1.86. The molecule has 0 fully saturated rings. The zero-order valence-electron chi connectivity index (χ0n) is 8.80. The average Bonchev–Trinajstić information content (AvgIpc) is 2.83. The fourth-order valence-corrected chi connectivity index (χ4v) is 1.82. The lowest BCUT2D eigenvalue weighted by Gasteiger charge is -2.02. The number of nitrogens with zero attached hydrogens (tertiary/aromatic N) is 2. The summed E-state index contributed by atoms with van der Waals surface area (Å²) in [6.45, 7) is 2.14. The van der Waals surface area contributed by atoms with Crippen LogP contribution in [0.5, 0.6) is 5.88 Å². The third-order valence-corrected chi connectivity index (χ3v) is 2.61. The van der Waals surface area contributed by atoms with Gasteiger partial charge in [-0.1, -0.05) is 5.92 Å². The first-order valence-electron chi connectivity index (χ1n) is 4.77. The molecule has 80 valence electrons. The Morgan fingerprint density at radius 1 is 1.44 bits per heavy atom. The molecule has 0 amide bonds. The lowest BCUT2D eigenvalue weighted by atomic mass is 10.2. The highest BCUT2D eigenvalue weighted by Crippen LogP contribution is 2.21. The molecule has 16 heavy (non-hydrogen) atoms. The molecule has 2 heterocycles. The predicted octanol–water partition coefficient (Wildman–Crippen LogP) is 2.61. The van der Waals surface area contributed by atoms with Gasteiger partial charge in [0.15, 0.2) is 6.61 Å². The van der Waals surface area contributed by atoms with Crippen LogP contribution in [0, 0.1) is 11.8 Å². The standard InChI is InChI=1S/C12H10N2OS/c1-2-3-5-15-12-7-11(13-9-14-12)10-4-6-16-8-10/h4,6-9H,5H2,1H3. The Labute approximate surface area is 98.1 Å². The van der Waals surface area contributed by atoms with Crippen molar-refractivity contribution in [3.63, 3.8) is 0 Å². The topological polar surface area (TPSA) is 35.0 Å². The van der Waals surface area contributed by atoms with E-state index in [1.807, 2.05) is 22.9 Å². The van der Waals surface area contributed by atoms with Crippen LogP contribution >= 0.6 is 11.3 Å². The van der Waals surface area contributed by atoms with Crippen molar-refractivity contribution in [3.8, 4) is 29.0 Å². The van der Waals surface area contributed by atoms with Gasteiger partial charge in [-0.25, -0.2) is 9.97 Å². The Bertz CT molecular complexity index is 511. The lowest BCUT2D eigenvalue weighted by molar-refractivity contribution is 0.355. The van der Waals surface area contributed by atoms with E-state index in [1.54, 1.807) is 18.3 Å². The van der Waals surface area contributed by atoms with Crippen molar-refractivity contribution in [1.82, 2.24) is 9.97 Å². The lowest BCUT2D eigenvalue weighted by Crippen LogP contribution is -1.97. The number of thiophene rings is 1. The van der Waals surface area contributed by atoms with Gasteiger partial charge < -0.3 is 4.74 Å². The molecule has 0 unspecified atom stereocenters. The first kappa shape index (κ1) is 10.7. The largest absolute Gasteiger partial charge is 0.464 e. The molecule has 0 N–H and O–H groups in total. The molecule has 4 heteroatoms. The summed E-state index contributed by atoms with van der Waals surface area (Å²) in [7, 11) is 0. The minimum atomic E-state index is 0.358. The van der Waals surface area contributed by atoms with Gasteiger partial charge >= 0.3 is 0 Å². The van der Waals surface area contributed by atoms with Crippen molar-refractivity contribution in [2.75, 3.05) is 6.61 Å². The molecule has 0 bridgehead atoms. The van der Waals surface area contributed by atoms with Gasteiger partial charge in [0.05, 0.1) is 5.69 Å². The van der Waals surface area contributed by atoms with Crippen LogP contribution in [-0.4, -0.2) is 16.6 Å². The minimum absolute atomic E-state index is 0.358. The van der Waals surface area contributed by atoms with E-state index in [-0.39, 0.29) is 0 Å². The van der Waals surface area contributed by atoms with Crippen LogP contribution in [0.1, 0.15) is 6.92 Å². The van der Waals surface area contributed by atoms with E-state index in [2.05, 4.69) is 21.8 Å². The second-order valence-corrected chi connectivity index (χ2v) is 3.75. The number of hydrogen-bond donors (Lipinski definition) is 0. The Balaban J connectivity index is 2.16. The SMILES string of the molecule is CC#CCOc1cc(-c2ccsc2)ncn1. The quantitative estimate of drug-likeness (QED) is 0.760. The van der Waals surface area contributed by atoms with Gasteiger partial charge in [-0.2, -0.15) is 11.3 Å². The molecular formula is C12H10N2OS. The Morgan fingerprint density at radius 3 is 3.12 bits per heavy atom. The Morgan fingerprint density at radius 2 is 2.38 bits per heavy atom. The monoisotopic (exact) mass is 230 g/mol. The van der Waals surface area contributed by atoms with Gasteiger partial charge in [0.2, 0.25) is 5.88 Å². The third kappa shape index (κ3) is 2.59. The number of hydrogen-bond acceptors (Lipinski definition) is 4. The van der Waals surface area contributed by atoms with Gasteiger partial charge in [0.25, 0.3) is 0 Å². The summed E-state index contributed by atoms with van der Waals surface area (Å²) in [5, 5.41) is 4.05. The van der Waals surface area contributed by atoms with E-state index in [4.69, 9.17) is 4.74 Å². The molecule has 0 aliphatic rings. The second kappa shape index (κ2) is 5.29. The van der Waals surface area contributed by atoms with Crippen LogP contribution < -0.4 is 4.74 Å². The summed E-state index contributed by atoms with van der Waals surface area (Å²) in [6, 6.07) is 3.84. The molecule has 0 saturated heterocycles. The summed E-state index contributed by atoms with van der Waals surface area (Å²) in [4.78, 5) is 8.21. The summed E-state index contributed by atoms with van der Waals surface area (Å²) < 4.78 is 5.36. The molecule has 0 aromatic carbocycles. The van der Waals surface area contributed by atoms with Crippen molar-refractivity contribution in [2.24, 2.45) is 0 Å². The molecule has 0 radical (unpaired) electrons. The first-order chi connectivity index (χ1) is 7.90. The summed E-state index contributed by atoms with van der Waals surface area (Å²) in [6.07, 6.45) is 1.50. The first-order valence-corrected chi connectivity index (χ1v) is 5.71. The summed E-state index contributed by atoms with van der Waals surface area (Å²) >= 11 is 1.64. The highest BCUT2D eigenvalue weighted by molar-refractivity contribution is 7.08. The van der Waals surface area contributed by atoms with Gasteiger partial charge in [-0.15, -0.1) is 5.92 Å². The summed E-state index contributed by atoms with van der Waals surface area (Å²) in [5.74, 6) is 6.14. The van der Waals surface area contributed by atoms with Crippen LogP contribution in [0.4, 0.5) is 0 Å². The normalized spacial score (nSPS) is 9.31. The van der Waals surface area contributed by atoms with Crippen LogP contribution in [0.3, 0.4) is 0 Å². The zero-order valence-corrected chi connectivity index (χ0v) is 9.62. The number of rotatable bonds is 3. The van der Waals surface area contributed by atoms with Crippen LogP contribution in [0.15, 0.2) is 29.2 Å². The maximum Gasteiger partial charge on any atom is 0.217 e. The van der Waals surface area contributed by atoms with Gasteiger partial charge in [0.1, 0.15) is 6.33 Å². The van der Waals surface area contributed by atoms with Crippen molar-refractivity contribution in [1.29, 1.82) is 0 Å². The number of ether oxygens (including phenoxy) is 1. The fraction of sp³-hybridized carbons (Fsp3) is 0.167. The molecule has 0 spiro atoms. The summed E-state index contributed by atoms with van der Waals surface area (Å²) in [5.41, 5.74) is 1.95. The minimum Gasteiger partial charge on any atom is -0.464 e. The maximum atomic E-state index is 5.36. The second-order valence-electron chi connectivity index (χ2n) is 2.97. The maximum absolute atomic E-state index is 5.36. The van der Waals surface area contributed by atoms with Crippen molar-refractivity contribution < 1.29 is 4.74 Å². The highest BCUT2D eigenvalue weighted by Gasteiger charge is 2.02. The van der Waals surface area contributed by atoms with Crippen LogP contribution in [0.25, 0.3) is 11.3 Å². The molecule has 0 atom stereocenters. The molecule has 3 nitrogen and oxygen atoms in total. The predicted molar refractivity (Wildman–Crippen MR) is 64.3 cm³/mol. The smallest absolute Gasteiger partial charge is 0.217 e. The third-order valence-electron chi connectivity index (χ3n) is 1.93. The van der Waals surface area contributed by atoms with Gasteiger partial charge in [-0.3, -0.25) is 0 Å². The van der Waals surface area contributed by atoms with Crippen molar-refractivity contribution >= 4 is 11.3 Å². The van der Waals surface area contributed by atoms with E-state index < -0.39 is 0 Å². The van der Waals surface area contributed by atoms with E-state index in [0.29, 0.717) is 12.5 Å². The van der Waals surface area contributed by atoms with Crippen LogP contribution in [-0.2, 0) is 0 Å². The highest BCUT2D eigenvalue weighted by atomic mass is 32.1. The molecular weight excluding hydrogens is 220 g/mol. The van der Waals surface area contributed by atoms with E-state index in [1.165, 1.54) is 6.33 Å². The molecule has 0 aliphatic carbocycles. The van der Waals surface area contributed by atoms with Crippen molar-refractivity contribution in [2.45, 2.75) is 6.92 Å².